The van der Waals surface area contributed by atoms with Crippen LogP contribution in [0.25, 0.3) is 0 Å². The van der Waals surface area contributed by atoms with Crippen molar-refractivity contribution in [1.29, 1.82) is 0 Å². The van der Waals surface area contributed by atoms with E-state index in [0.717, 1.165) is 12.2 Å². The number of rotatable bonds is 4. The van der Waals surface area contributed by atoms with Gasteiger partial charge in [0.2, 0.25) is 0 Å². The van der Waals surface area contributed by atoms with Crippen LogP contribution in [0, 0.1) is 5.92 Å². The van der Waals surface area contributed by atoms with E-state index in [4.69, 9.17) is 10.7 Å². The Hall–Kier alpha value is -0.540. The zero-order chi connectivity index (χ0) is 12.3. The van der Waals surface area contributed by atoms with Gasteiger partial charge in [-0.25, -0.2) is 4.98 Å². The summed E-state index contributed by atoms with van der Waals surface area (Å²) in [5.74, 6) is 1.82. The van der Waals surface area contributed by atoms with Crippen LogP contribution in [0.2, 0.25) is 0 Å². The molecule has 0 bridgehead atoms. The van der Waals surface area contributed by atoms with Crippen molar-refractivity contribution < 1.29 is 0 Å². The Morgan fingerprint density at radius 2 is 2.12 bits per heavy atom. The molecule has 0 saturated carbocycles. The first kappa shape index (κ1) is 12.9. The molecular weight excluding hydrogens is 228 g/mol. The molecule has 0 atom stereocenters. The van der Waals surface area contributed by atoms with Gasteiger partial charge in [0, 0.05) is 18.0 Å². The third-order valence-corrected chi connectivity index (χ3v) is 4.57. The van der Waals surface area contributed by atoms with Gasteiger partial charge in [0.25, 0.3) is 0 Å². The van der Waals surface area contributed by atoms with Crippen LogP contribution in [0.1, 0.15) is 43.5 Å². The van der Waals surface area contributed by atoms with Crippen molar-refractivity contribution in [2.45, 2.75) is 51.1 Å². The lowest BCUT2D eigenvalue weighted by Crippen LogP contribution is -2.10. The maximum absolute atomic E-state index is 5.84. The molecule has 0 saturated heterocycles. The molecule has 1 aromatic rings. The Kier molecular flexibility index (Phi) is 4.46. The number of nitrogens with zero attached hydrogens (tertiary/aromatic N) is 1. The minimum absolute atomic E-state index is 0.612. The number of hydrogen-bond acceptors (Lipinski definition) is 3. The molecule has 1 aromatic heterocycles. The number of fused-ring (bicyclic) bond motifs is 1. The maximum atomic E-state index is 5.84. The van der Waals surface area contributed by atoms with E-state index in [1.807, 2.05) is 11.8 Å². The number of aryl methyl sites for hydroxylation is 2. The highest BCUT2D eigenvalue weighted by Gasteiger charge is 2.14. The first-order chi connectivity index (χ1) is 8.20. The standard InChI is InChI=1S/C14H22N2S/c1-10(2)9-17-14-12(8-15)7-11-5-3-4-6-13(11)16-14/h7,10H,3-6,8-9,15H2,1-2H3. The summed E-state index contributed by atoms with van der Waals surface area (Å²) < 4.78 is 0. The van der Waals surface area contributed by atoms with E-state index in [2.05, 4.69) is 19.9 Å². The molecule has 17 heavy (non-hydrogen) atoms. The van der Waals surface area contributed by atoms with Crippen LogP contribution in [-0.2, 0) is 19.4 Å². The lowest BCUT2D eigenvalue weighted by atomic mass is 9.95. The van der Waals surface area contributed by atoms with Crippen molar-refractivity contribution in [1.82, 2.24) is 4.98 Å². The van der Waals surface area contributed by atoms with E-state index in [0.29, 0.717) is 12.5 Å². The van der Waals surface area contributed by atoms with Gasteiger partial charge in [-0.1, -0.05) is 19.9 Å². The topological polar surface area (TPSA) is 38.9 Å². The SMILES string of the molecule is CC(C)CSc1nc2c(cc1CN)CCCC2. The van der Waals surface area contributed by atoms with E-state index >= 15 is 0 Å². The zero-order valence-electron chi connectivity index (χ0n) is 10.8. The number of aromatic nitrogens is 1. The fraction of sp³-hybridized carbons (Fsp3) is 0.643. The molecule has 1 aliphatic carbocycles. The van der Waals surface area contributed by atoms with Gasteiger partial charge in [0.05, 0.1) is 0 Å². The normalized spacial score (nSPS) is 15.1. The molecule has 2 N–H and O–H groups in total. The minimum atomic E-state index is 0.612. The van der Waals surface area contributed by atoms with Crippen molar-refractivity contribution >= 4 is 11.8 Å². The highest BCUT2D eigenvalue weighted by atomic mass is 32.2. The largest absolute Gasteiger partial charge is 0.326 e. The van der Waals surface area contributed by atoms with Crippen molar-refractivity contribution in [2.75, 3.05) is 5.75 Å². The molecule has 0 amide bonds. The maximum Gasteiger partial charge on any atom is 0.101 e. The number of nitrogens with two attached hydrogens (primary N) is 1. The van der Waals surface area contributed by atoms with Crippen LogP contribution in [0.4, 0.5) is 0 Å². The molecule has 0 fully saturated rings. The summed E-state index contributed by atoms with van der Waals surface area (Å²) in [6.45, 7) is 5.10. The second kappa shape index (κ2) is 5.87. The monoisotopic (exact) mass is 250 g/mol. The quantitative estimate of drug-likeness (QED) is 0.834. The molecule has 0 aromatic carbocycles. The second-order valence-corrected chi connectivity index (χ2v) is 6.18. The van der Waals surface area contributed by atoms with Crippen molar-refractivity contribution in [2.24, 2.45) is 11.7 Å². The van der Waals surface area contributed by atoms with Gasteiger partial charge in [0.1, 0.15) is 5.03 Å². The Labute approximate surface area is 108 Å². The van der Waals surface area contributed by atoms with Crippen LogP contribution in [0.5, 0.6) is 0 Å². The lowest BCUT2D eigenvalue weighted by molar-refractivity contribution is 0.656. The summed E-state index contributed by atoms with van der Waals surface area (Å²) >= 11 is 1.86. The molecule has 3 heteroatoms. The Balaban J connectivity index is 2.23. The molecule has 94 valence electrons. The van der Waals surface area contributed by atoms with Gasteiger partial charge in [-0.15, -0.1) is 11.8 Å². The van der Waals surface area contributed by atoms with E-state index in [1.54, 1.807) is 0 Å². The van der Waals surface area contributed by atoms with Gasteiger partial charge >= 0.3 is 0 Å². The molecule has 2 nitrogen and oxygen atoms in total. The Bertz CT molecular complexity index is 388. The molecule has 0 unspecified atom stereocenters. The predicted molar refractivity (Wildman–Crippen MR) is 74.3 cm³/mol. The van der Waals surface area contributed by atoms with Gasteiger partial charge in [-0.2, -0.15) is 0 Å². The average Bonchev–Trinajstić information content (AvgIpc) is 2.35. The molecule has 1 aliphatic rings. The Morgan fingerprint density at radius 3 is 2.82 bits per heavy atom. The fourth-order valence-corrected chi connectivity index (χ4v) is 3.17. The minimum Gasteiger partial charge on any atom is -0.326 e. The first-order valence-corrected chi connectivity index (χ1v) is 7.53. The summed E-state index contributed by atoms with van der Waals surface area (Å²) in [6.07, 6.45) is 4.92. The molecular formula is C14H22N2S. The zero-order valence-corrected chi connectivity index (χ0v) is 11.6. The van der Waals surface area contributed by atoms with Crippen molar-refractivity contribution in [3.05, 3.63) is 22.9 Å². The first-order valence-electron chi connectivity index (χ1n) is 6.55. The average molecular weight is 250 g/mol. The van der Waals surface area contributed by atoms with Crippen LogP contribution in [0.15, 0.2) is 11.1 Å². The molecule has 1 heterocycles. The van der Waals surface area contributed by atoms with Gasteiger partial charge in [0.15, 0.2) is 0 Å². The van der Waals surface area contributed by atoms with Crippen LogP contribution in [0.3, 0.4) is 0 Å². The number of thioether (sulfide) groups is 1. The number of pyridine rings is 1. The van der Waals surface area contributed by atoms with Crippen molar-refractivity contribution in [3.8, 4) is 0 Å². The lowest BCUT2D eigenvalue weighted by Gasteiger charge is -2.18. The summed E-state index contributed by atoms with van der Waals surface area (Å²) in [6, 6.07) is 2.30. The van der Waals surface area contributed by atoms with Gasteiger partial charge < -0.3 is 5.73 Å². The van der Waals surface area contributed by atoms with E-state index in [9.17, 15) is 0 Å². The molecule has 0 radical (unpaired) electrons. The number of hydrogen-bond donors (Lipinski definition) is 1. The van der Waals surface area contributed by atoms with E-state index in [1.165, 1.54) is 41.1 Å². The summed E-state index contributed by atoms with van der Waals surface area (Å²) in [7, 11) is 0. The second-order valence-electron chi connectivity index (χ2n) is 5.17. The van der Waals surface area contributed by atoms with Gasteiger partial charge in [-0.3, -0.25) is 0 Å². The van der Waals surface area contributed by atoms with Gasteiger partial charge in [-0.05, 0) is 42.7 Å². The summed E-state index contributed by atoms with van der Waals surface area (Å²) in [5.41, 5.74) is 9.82. The third-order valence-electron chi connectivity index (χ3n) is 3.11. The van der Waals surface area contributed by atoms with E-state index < -0.39 is 0 Å². The predicted octanol–water partition coefficient (Wildman–Crippen LogP) is 3.17. The van der Waals surface area contributed by atoms with Crippen LogP contribution in [-0.4, -0.2) is 10.7 Å². The summed E-state index contributed by atoms with van der Waals surface area (Å²) in [4.78, 5) is 4.84. The molecule has 0 aliphatic heterocycles. The van der Waals surface area contributed by atoms with Crippen molar-refractivity contribution in [3.63, 3.8) is 0 Å². The molecule has 2 rings (SSSR count). The fourth-order valence-electron chi connectivity index (χ4n) is 2.18. The highest BCUT2D eigenvalue weighted by Crippen LogP contribution is 2.28. The Morgan fingerprint density at radius 1 is 1.35 bits per heavy atom. The highest BCUT2D eigenvalue weighted by molar-refractivity contribution is 7.99. The van der Waals surface area contributed by atoms with E-state index in [-0.39, 0.29) is 0 Å². The third kappa shape index (κ3) is 3.23. The summed E-state index contributed by atoms with van der Waals surface area (Å²) in [5, 5.41) is 1.17. The molecule has 0 spiro atoms. The van der Waals surface area contributed by atoms with Crippen LogP contribution >= 0.6 is 11.8 Å². The smallest absolute Gasteiger partial charge is 0.101 e. The van der Waals surface area contributed by atoms with Crippen LogP contribution < -0.4 is 5.73 Å².